The van der Waals surface area contributed by atoms with E-state index in [0.29, 0.717) is 19.5 Å². The number of amides is 1. The molecule has 3 aromatic carbocycles. The van der Waals surface area contributed by atoms with Crippen molar-refractivity contribution < 1.29 is 13.2 Å². The Morgan fingerprint density at radius 1 is 0.939 bits per heavy atom. The van der Waals surface area contributed by atoms with Crippen LogP contribution in [0.1, 0.15) is 33.4 Å². The van der Waals surface area contributed by atoms with Gasteiger partial charge in [-0.25, -0.2) is 13.1 Å². The lowest BCUT2D eigenvalue weighted by molar-refractivity contribution is -0.124. The van der Waals surface area contributed by atoms with Gasteiger partial charge < -0.3 is 0 Å². The van der Waals surface area contributed by atoms with Gasteiger partial charge in [-0.2, -0.15) is 0 Å². The highest BCUT2D eigenvalue weighted by molar-refractivity contribution is 7.90. The highest BCUT2D eigenvalue weighted by Gasteiger charge is 2.32. The van der Waals surface area contributed by atoms with Crippen molar-refractivity contribution >= 4 is 15.9 Å². The van der Waals surface area contributed by atoms with Crippen LogP contribution in [0.15, 0.2) is 71.6 Å². The number of carbonyl (C=O) groups is 1. The molecule has 1 amide bonds. The predicted molar refractivity (Wildman–Crippen MR) is 130 cm³/mol. The van der Waals surface area contributed by atoms with E-state index in [1.807, 2.05) is 18.2 Å². The van der Waals surface area contributed by atoms with E-state index in [1.165, 1.54) is 39.9 Å². The summed E-state index contributed by atoms with van der Waals surface area (Å²) in [6, 6.07) is 19.9. The van der Waals surface area contributed by atoms with Gasteiger partial charge in [0.25, 0.3) is 15.9 Å². The summed E-state index contributed by atoms with van der Waals surface area (Å²) in [5, 5.41) is 0. The molecule has 0 aromatic heterocycles. The molecule has 5 nitrogen and oxygen atoms in total. The van der Waals surface area contributed by atoms with E-state index in [2.05, 4.69) is 48.6 Å². The van der Waals surface area contributed by atoms with Gasteiger partial charge in [0.15, 0.2) is 0 Å². The van der Waals surface area contributed by atoms with Gasteiger partial charge in [-0.3, -0.25) is 9.69 Å². The lowest BCUT2D eigenvalue weighted by Gasteiger charge is -2.30. The highest BCUT2D eigenvalue weighted by atomic mass is 32.2. The Morgan fingerprint density at radius 2 is 1.55 bits per heavy atom. The highest BCUT2D eigenvalue weighted by Crippen LogP contribution is 2.25. The molecule has 3 aromatic rings. The summed E-state index contributed by atoms with van der Waals surface area (Å²) >= 11 is 0. The van der Waals surface area contributed by atoms with Crippen molar-refractivity contribution in [3.8, 4) is 0 Å². The maximum Gasteiger partial charge on any atom is 0.264 e. The van der Waals surface area contributed by atoms with Crippen LogP contribution in [0, 0.1) is 20.8 Å². The van der Waals surface area contributed by atoms with Crippen LogP contribution in [0.25, 0.3) is 0 Å². The third-order valence-corrected chi connectivity index (χ3v) is 7.80. The summed E-state index contributed by atoms with van der Waals surface area (Å²) in [4.78, 5) is 15.7. The zero-order valence-corrected chi connectivity index (χ0v) is 20.2. The van der Waals surface area contributed by atoms with Crippen LogP contribution in [0.5, 0.6) is 0 Å². The molecule has 1 aliphatic heterocycles. The molecule has 1 atom stereocenters. The fraction of sp³-hybridized carbons (Fsp3) is 0.296. The SMILES string of the molecule is Cc1cc(C)c(CN2CCc3ccccc3CC2C(=O)NS(=O)(=O)c2ccccc2)c(C)c1. The van der Waals surface area contributed by atoms with E-state index in [0.717, 1.165) is 12.0 Å². The van der Waals surface area contributed by atoms with E-state index < -0.39 is 22.0 Å². The Labute approximate surface area is 196 Å². The zero-order chi connectivity index (χ0) is 23.6. The third-order valence-electron chi connectivity index (χ3n) is 6.43. The number of aryl methyl sites for hydroxylation is 3. The minimum atomic E-state index is -3.94. The number of benzene rings is 3. The average Bonchev–Trinajstić information content (AvgIpc) is 2.96. The Hall–Kier alpha value is -2.96. The lowest BCUT2D eigenvalue weighted by Crippen LogP contribution is -2.49. The molecular formula is C27H30N2O3S. The molecule has 0 spiro atoms. The van der Waals surface area contributed by atoms with Crippen LogP contribution < -0.4 is 4.72 Å². The minimum Gasteiger partial charge on any atom is -0.287 e. The van der Waals surface area contributed by atoms with Crippen LogP contribution in [0.2, 0.25) is 0 Å². The number of fused-ring (bicyclic) bond motifs is 1. The van der Waals surface area contributed by atoms with Gasteiger partial charge in [-0.1, -0.05) is 60.2 Å². The number of nitrogens with one attached hydrogen (secondary N) is 1. The normalized spacial score (nSPS) is 16.6. The Bertz CT molecular complexity index is 1250. The smallest absolute Gasteiger partial charge is 0.264 e. The number of hydrogen-bond acceptors (Lipinski definition) is 4. The molecule has 0 saturated carbocycles. The van der Waals surface area contributed by atoms with Gasteiger partial charge in [0.05, 0.1) is 10.9 Å². The van der Waals surface area contributed by atoms with E-state index in [4.69, 9.17) is 0 Å². The maximum absolute atomic E-state index is 13.4. The van der Waals surface area contributed by atoms with Crippen molar-refractivity contribution in [2.24, 2.45) is 0 Å². The number of nitrogens with zero attached hydrogens (tertiary/aromatic N) is 1. The first-order valence-electron chi connectivity index (χ1n) is 11.2. The molecule has 0 bridgehead atoms. The van der Waals surface area contributed by atoms with Gasteiger partial charge in [0.1, 0.15) is 0 Å². The van der Waals surface area contributed by atoms with E-state index in [1.54, 1.807) is 18.2 Å². The minimum absolute atomic E-state index is 0.0872. The predicted octanol–water partition coefficient (Wildman–Crippen LogP) is 4.09. The second-order valence-corrected chi connectivity index (χ2v) is 10.6. The maximum atomic E-state index is 13.4. The molecule has 33 heavy (non-hydrogen) atoms. The molecule has 1 aliphatic rings. The van der Waals surface area contributed by atoms with Crippen molar-refractivity contribution in [3.05, 3.63) is 100 Å². The molecule has 0 fully saturated rings. The molecule has 6 heteroatoms. The van der Waals surface area contributed by atoms with E-state index >= 15 is 0 Å². The van der Waals surface area contributed by atoms with Crippen LogP contribution in [0.3, 0.4) is 0 Å². The number of sulfonamides is 1. The number of rotatable bonds is 5. The molecule has 1 heterocycles. The summed E-state index contributed by atoms with van der Waals surface area (Å²) < 4.78 is 28.1. The lowest BCUT2D eigenvalue weighted by atomic mass is 9.98. The Morgan fingerprint density at radius 3 is 2.21 bits per heavy atom. The summed E-state index contributed by atoms with van der Waals surface area (Å²) in [6.45, 7) is 7.54. The molecule has 0 radical (unpaired) electrons. The Kier molecular flexibility index (Phi) is 6.68. The third kappa shape index (κ3) is 5.18. The summed E-state index contributed by atoms with van der Waals surface area (Å²) in [5.41, 5.74) is 7.07. The molecule has 1 N–H and O–H groups in total. The van der Waals surface area contributed by atoms with Gasteiger partial charge >= 0.3 is 0 Å². The largest absolute Gasteiger partial charge is 0.287 e. The van der Waals surface area contributed by atoms with Gasteiger partial charge in [-0.15, -0.1) is 0 Å². The van der Waals surface area contributed by atoms with Crippen molar-refractivity contribution in [2.75, 3.05) is 6.54 Å². The molecule has 0 saturated heterocycles. The van der Waals surface area contributed by atoms with Crippen molar-refractivity contribution in [2.45, 2.75) is 51.1 Å². The molecular weight excluding hydrogens is 432 g/mol. The second kappa shape index (κ2) is 9.49. The first-order valence-corrected chi connectivity index (χ1v) is 12.7. The summed E-state index contributed by atoms with van der Waals surface area (Å²) in [7, 11) is -3.94. The topological polar surface area (TPSA) is 66.5 Å². The van der Waals surface area contributed by atoms with Crippen molar-refractivity contribution in [1.29, 1.82) is 0 Å². The fourth-order valence-corrected chi connectivity index (χ4v) is 5.76. The van der Waals surface area contributed by atoms with Gasteiger partial charge in [0, 0.05) is 13.1 Å². The van der Waals surface area contributed by atoms with E-state index in [9.17, 15) is 13.2 Å². The van der Waals surface area contributed by atoms with Gasteiger partial charge in [-0.05, 0) is 73.6 Å². The molecule has 4 rings (SSSR count). The first kappa shape index (κ1) is 23.2. The number of hydrogen-bond donors (Lipinski definition) is 1. The molecule has 172 valence electrons. The van der Waals surface area contributed by atoms with Crippen LogP contribution in [0.4, 0.5) is 0 Å². The Balaban J connectivity index is 1.67. The van der Waals surface area contributed by atoms with Crippen LogP contribution in [-0.4, -0.2) is 31.8 Å². The van der Waals surface area contributed by atoms with Crippen molar-refractivity contribution in [1.82, 2.24) is 9.62 Å². The number of carbonyl (C=O) groups excluding carboxylic acids is 1. The summed E-state index contributed by atoms with van der Waals surface area (Å²) in [5.74, 6) is -0.488. The first-order chi connectivity index (χ1) is 15.7. The fourth-order valence-electron chi connectivity index (χ4n) is 4.73. The van der Waals surface area contributed by atoms with E-state index in [-0.39, 0.29) is 4.90 Å². The molecule has 1 unspecified atom stereocenters. The van der Waals surface area contributed by atoms with Crippen LogP contribution >= 0.6 is 0 Å². The second-order valence-electron chi connectivity index (χ2n) is 8.87. The van der Waals surface area contributed by atoms with Crippen molar-refractivity contribution in [3.63, 3.8) is 0 Å². The average molecular weight is 463 g/mol. The zero-order valence-electron chi connectivity index (χ0n) is 19.3. The quantitative estimate of drug-likeness (QED) is 0.620. The van der Waals surface area contributed by atoms with Gasteiger partial charge in [0.2, 0.25) is 0 Å². The standard InChI is InChI=1S/C27H30N2O3S/c1-19-15-20(2)25(21(3)16-19)18-29-14-13-22-9-7-8-10-23(22)17-26(29)27(30)28-33(31,32)24-11-5-4-6-12-24/h4-12,15-16,26H,13-14,17-18H2,1-3H3,(H,28,30). The monoisotopic (exact) mass is 462 g/mol. The summed E-state index contributed by atoms with van der Waals surface area (Å²) in [6.07, 6.45) is 1.28. The molecule has 0 aliphatic carbocycles. The van der Waals surface area contributed by atoms with Crippen LogP contribution in [-0.2, 0) is 34.2 Å².